The number of carboxylic acid groups (broad SMARTS) is 1. The molecule has 7 nitrogen and oxygen atoms in total. The van der Waals surface area contributed by atoms with Gasteiger partial charge in [0.05, 0.1) is 6.61 Å². The molecule has 1 unspecified atom stereocenters. The van der Waals surface area contributed by atoms with Gasteiger partial charge in [-0.15, -0.1) is 0 Å². The van der Waals surface area contributed by atoms with Crippen molar-refractivity contribution in [2.75, 3.05) is 33.0 Å². The van der Waals surface area contributed by atoms with Crippen molar-refractivity contribution in [1.82, 2.24) is 5.32 Å². The van der Waals surface area contributed by atoms with Crippen molar-refractivity contribution in [2.45, 2.75) is 12.0 Å². The summed E-state index contributed by atoms with van der Waals surface area (Å²) in [5.41, 5.74) is -1.01. The molecule has 1 atom stereocenters. The molecule has 1 fully saturated rings. The summed E-state index contributed by atoms with van der Waals surface area (Å²) in [6.07, 6.45) is 0.475. The molecule has 3 N–H and O–H groups in total. The van der Waals surface area contributed by atoms with Gasteiger partial charge in [-0.2, -0.15) is 0 Å². The Bertz CT molecular complexity index is 261. The van der Waals surface area contributed by atoms with Crippen molar-refractivity contribution in [3.8, 4) is 0 Å². The lowest BCUT2D eigenvalue weighted by Crippen LogP contribution is -2.44. The minimum absolute atomic E-state index is 0.0856. The van der Waals surface area contributed by atoms with Gasteiger partial charge in [-0.25, -0.2) is 4.79 Å². The lowest BCUT2D eigenvalue weighted by atomic mass is 10.0. The number of aliphatic carboxylic acids is 1. The quantitative estimate of drug-likeness (QED) is 0.508. The zero-order chi connectivity index (χ0) is 12.0. The van der Waals surface area contributed by atoms with Gasteiger partial charge in [-0.1, -0.05) is 0 Å². The van der Waals surface area contributed by atoms with Crippen LogP contribution in [0.3, 0.4) is 0 Å². The van der Waals surface area contributed by atoms with Crippen LogP contribution in [0.4, 0.5) is 0 Å². The predicted octanol–water partition coefficient (Wildman–Crippen LogP) is -1.64. The van der Waals surface area contributed by atoms with Gasteiger partial charge in [-0.05, 0) is 0 Å². The zero-order valence-corrected chi connectivity index (χ0v) is 8.77. The molecule has 1 amide bonds. The number of aliphatic hydroxyl groups is 1. The first-order valence-electron chi connectivity index (χ1n) is 4.88. The molecular weight excluding hydrogens is 218 g/mol. The van der Waals surface area contributed by atoms with Crippen molar-refractivity contribution in [3.63, 3.8) is 0 Å². The molecule has 0 aliphatic carbocycles. The first-order chi connectivity index (χ1) is 7.52. The van der Waals surface area contributed by atoms with Gasteiger partial charge < -0.3 is 25.0 Å². The fourth-order valence-corrected chi connectivity index (χ4v) is 1.28. The normalized spacial score (nSPS) is 24.3. The summed E-state index contributed by atoms with van der Waals surface area (Å²) < 4.78 is 9.58. The number of amides is 1. The Morgan fingerprint density at radius 2 is 2.19 bits per heavy atom. The Hall–Kier alpha value is -1.18. The minimum Gasteiger partial charge on any atom is -0.480 e. The molecule has 0 spiro atoms. The first kappa shape index (κ1) is 12.9. The average molecular weight is 233 g/mol. The third-order valence-corrected chi connectivity index (χ3v) is 2.16. The number of hydrogen-bond acceptors (Lipinski definition) is 5. The van der Waals surface area contributed by atoms with E-state index in [4.69, 9.17) is 9.84 Å². The predicted molar refractivity (Wildman–Crippen MR) is 51.9 cm³/mol. The maximum Gasteiger partial charge on any atom is 0.329 e. The summed E-state index contributed by atoms with van der Waals surface area (Å²) in [5.74, 6) is -1.59. The van der Waals surface area contributed by atoms with Crippen LogP contribution in [0.15, 0.2) is 0 Å². The maximum absolute atomic E-state index is 11.1. The molecule has 0 bridgehead atoms. The monoisotopic (exact) mass is 233 g/mol. The van der Waals surface area contributed by atoms with Crippen LogP contribution >= 0.6 is 0 Å². The Morgan fingerprint density at radius 1 is 1.44 bits per heavy atom. The van der Waals surface area contributed by atoms with Crippen molar-refractivity contribution >= 4 is 11.9 Å². The topological polar surface area (TPSA) is 105 Å². The second-order valence-corrected chi connectivity index (χ2v) is 3.69. The fourth-order valence-electron chi connectivity index (χ4n) is 1.28. The van der Waals surface area contributed by atoms with Crippen LogP contribution in [0, 0.1) is 0 Å². The number of hydrogen-bond donors (Lipinski definition) is 3. The van der Waals surface area contributed by atoms with E-state index in [1.165, 1.54) is 0 Å². The van der Waals surface area contributed by atoms with E-state index in [1.54, 1.807) is 0 Å². The molecular formula is C9H15NO6. The third kappa shape index (κ3) is 4.56. The first-order valence-corrected chi connectivity index (χ1v) is 4.88. The van der Waals surface area contributed by atoms with Crippen LogP contribution in [0.2, 0.25) is 0 Å². The van der Waals surface area contributed by atoms with Crippen LogP contribution in [0.5, 0.6) is 0 Å². The minimum atomic E-state index is -1.13. The Morgan fingerprint density at radius 3 is 2.75 bits per heavy atom. The van der Waals surface area contributed by atoms with Crippen LogP contribution in [-0.4, -0.2) is 60.7 Å². The van der Waals surface area contributed by atoms with Crippen molar-refractivity contribution < 1.29 is 29.3 Å². The van der Waals surface area contributed by atoms with Gasteiger partial charge in [0.25, 0.3) is 0 Å². The highest BCUT2D eigenvalue weighted by Crippen LogP contribution is 2.16. The van der Waals surface area contributed by atoms with Crippen molar-refractivity contribution in [1.29, 1.82) is 0 Å². The third-order valence-electron chi connectivity index (χ3n) is 2.16. The average Bonchev–Trinajstić information content (AvgIpc) is 2.62. The van der Waals surface area contributed by atoms with Gasteiger partial charge in [0.15, 0.2) is 0 Å². The summed E-state index contributed by atoms with van der Waals surface area (Å²) in [4.78, 5) is 21.2. The highest BCUT2D eigenvalue weighted by atomic mass is 16.5. The molecule has 1 aliphatic heterocycles. The summed E-state index contributed by atoms with van der Waals surface area (Å²) in [6, 6.07) is 0. The van der Waals surface area contributed by atoms with Gasteiger partial charge in [-0.3, -0.25) is 4.79 Å². The van der Waals surface area contributed by atoms with E-state index in [9.17, 15) is 14.7 Å². The molecule has 1 heterocycles. The lowest BCUT2D eigenvalue weighted by Gasteiger charge is -2.20. The molecule has 92 valence electrons. The van der Waals surface area contributed by atoms with Gasteiger partial charge in [0.1, 0.15) is 18.8 Å². The van der Waals surface area contributed by atoms with E-state index < -0.39 is 24.1 Å². The van der Waals surface area contributed by atoms with Crippen LogP contribution in [-0.2, 0) is 19.1 Å². The second-order valence-electron chi connectivity index (χ2n) is 3.69. The second kappa shape index (κ2) is 5.78. The lowest BCUT2D eigenvalue weighted by molar-refractivity contribution is -0.143. The molecule has 0 saturated carbocycles. The number of ether oxygens (including phenoxy) is 2. The van der Waals surface area contributed by atoms with E-state index in [-0.39, 0.29) is 19.8 Å². The highest BCUT2D eigenvalue weighted by Gasteiger charge is 2.32. The van der Waals surface area contributed by atoms with E-state index >= 15 is 0 Å². The molecule has 16 heavy (non-hydrogen) atoms. The van der Waals surface area contributed by atoms with Crippen molar-refractivity contribution in [3.05, 3.63) is 0 Å². The molecule has 0 radical (unpaired) electrons. The van der Waals surface area contributed by atoms with Crippen molar-refractivity contribution in [2.24, 2.45) is 0 Å². The Labute approximate surface area is 92.3 Å². The summed E-state index contributed by atoms with van der Waals surface area (Å²) in [7, 11) is 0. The molecule has 0 aromatic carbocycles. The van der Waals surface area contributed by atoms with E-state index in [2.05, 4.69) is 10.1 Å². The molecule has 1 saturated heterocycles. The van der Waals surface area contributed by atoms with E-state index in [0.717, 1.165) is 0 Å². The molecule has 7 heteroatoms. The summed E-state index contributed by atoms with van der Waals surface area (Å²) >= 11 is 0. The Kier molecular flexibility index (Phi) is 4.66. The summed E-state index contributed by atoms with van der Waals surface area (Å²) in [6.45, 7) is -0.0859. The number of carboxylic acids is 1. The SMILES string of the molecule is O=C(O)COCC(=O)NCC1(O)CCOC1. The molecule has 1 aliphatic rings. The fraction of sp³-hybridized carbons (Fsp3) is 0.778. The van der Waals surface area contributed by atoms with Crippen LogP contribution < -0.4 is 5.32 Å². The molecule has 1 rings (SSSR count). The van der Waals surface area contributed by atoms with E-state index in [0.29, 0.717) is 13.0 Å². The smallest absolute Gasteiger partial charge is 0.329 e. The standard InChI is InChI=1S/C9H15NO6/c11-7(3-16-4-8(12)13)10-5-9(14)1-2-15-6-9/h14H,1-6H2,(H,10,11)(H,12,13). The van der Waals surface area contributed by atoms with E-state index in [1.807, 2.05) is 0 Å². The number of carbonyl (C=O) groups excluding carboxylic acids is 1. The maximum atomic E-state index is 11.1. The Balaban J connectivity index is 2.12. The highest BCUT2D eigenvalue weighted by molar-refractivity contribution is 5.77. The van der Waals surface area contributed by atoms with Gasteiger partial charge in [0.2, 0.25) is 5.91 Å². The van der Waals surface area contributed by atoms with Crippen LogP contribution in [0.25, 0.3) is 0 Å². The van der Waals surface area contributed by atoms with Crippen LogP contribution in [0.1, 0.15) is 6.42 Å². The van der Waals surface area contributed by atoms with Gasteiger partial charge >= 0.3 is 5.97 Å². The number of carbonyl (C=O) groups is 2. The zero-order valence-electron chi connectivity index (χ0n) is 8.77. The summed E-state index contributed by atoms with van der Waals surface area (Å²) in [5, 5.41) is 20.5. The molecule has 0 aromatic rings. The number of rotatable bonds is 6. The number of nitrogens with one attached hydrogen (secondary N) is 1. The molecule has 0 aromatic heterocycles. The van der Waals surface area contributed by atoms with Gasteiger partial charge in [0, 0.05) is 19.6 Å². The largest absolute Gasteiger partial charge is 0.480 e.